The van der Waals surface area contributed by atoms with Crippen LogP contribution < -0.4 is 0 Å². The summed E-state index contributed by atoms with van der Waals surface area (Å²) in [5.41, 5.74) is 0.572. The average Bonchev–Trinajstić information content (AvgIpc) is 2.03. The van der Waals surface area contributed by atoms with E-state index in [4.69, 9.17) is 0 Å². The monoisotopic (exact) mass is 188 g/mol. The summed E-state index contributed by atoms with van der Waals surface area (Å²) in [6, 6.07) is 3.70. The maximum absolute atomic E-state index is 12.9. The van der Waals surface area contributed by atoms with Gasteiger partial charge < -0.3 is 0 Å². The van der Waals surface area contributed by atoms with Gasteiger partial charge in [0, 0.05) is 11.8 Å². The molecule has 1 aromatic rings. The molecule has 66 valence electrons. The third-order valence-electron chi connectivity index (χ3n) is 1.48. The fourth-order valence-corrected chi connectivity index (χ4v) is 1.51. The van der Waals surface area contributed by atoms with Crippen molar-refractivity contribution in [3.05, 3.63) is 35.4 Å². The Labute approximate surface area is 75.0 Å². The third kappa shape index (κ3) is 2.48. The van der Waals surface area contributed by atoms with Crippen LogP contribution in [0.3, 0.4) is 0 Å². The van der Waals surface area contributed by atoms with E-state index in [1.165, 1.54) is 12.1 Å². The highest BCUT2D eigenvalue weighted by Gasteiger charge is 2.02. The highest BCUT2D eigenvalue weighted by Crippen LogP contribution is 2.15. The summed E-state index contributed by atoms with van der Waals surface area (Å²) in [6.45, 7) is 2.01. The van der Waals surface area contributed by atoms with Gasteiger partial charge in [-0.15, -0.1) is 0 Å². The molecule has 0 aromatic heterocycles. The summed E-state index contributed by atoms with van der Waals surface area (Å²) in [4.78, 5) is 0. The van der Waals surface area contributed by atoms with E-state index in [0.717, 1.165) is 11.8 Å². The second-order valence-electron chi connectivity index (χ2n) is 2.37. The van der Waals surface area contributed by atoms with E-state index in [0.29, 0.717) is 11.3 Å². The SMILES string of the molecule is CCSCc1ccc(F)cc1F. The molecule has 0 fully saturated rings. The maximum Gasteiger partial charge on any atom is 0.130 e. The molecule has 0 saturated carbocycles. The van der Waals surface area contributed by atoms with Gasteiger partial charge in [-0.1, -0.05) is 13.0 Å². The predicted molar refractivity (Wildman–Crippen MR) is 48.2 cm³/mol. The van der Waals surface area contributed by atoms with Crippen molar-refractivity contribution in [3.63, 3.8) is 0 Å². The first-order valence-electron chi connectivity index (χ1n) is 3.75. The van der Waals surface area contributed by atoms with Gasteiger partial charge in [0.05, 0.1) is 0 Å². The van der Waals surface area contributed by atoms with Crippen molar-refractivity contribution in [3.8, 4) is 0 Å². The molecular formula is C9H10F2S. The van der Waals surface area contributed by atoms with E-state index in [1.807, 2.05) is 6.92 Å². The molecule has 0 radical (unpaired) electrons. The molecule has 0 spiro atoms. The van der Waals surface area contributed by atoms with E-state index < -0.39 is 11.6 Å². The van der Waals surface area contributed by atoms with Crippen LogP contribution in [0.1, 0.15) is 12.5 Å². The van der Waals surface area contributed by atoms with Crippen molar-refractivity contribution in [1.29, 1.82) is 0 Å². The smallest absolute Gasteiger partial charge is 0.130 e. The molecule has 0 aliphatic rings. The Bertz CT molecular complexity index is 261. The number of halogens is 2. The molecule has 0 nitrogen and oxygen atoms in total. The molecule has 0 amide bonds. The number of hydrogen-bond acceptors (Lipinski definition) is 1. The Morgan fingerprint density at radius 1 is 1.33 bits per heavy atom. The van der Waals surface area contributed by atoms with Gasteiger partial charge in [-0.3, -0.25) is 0 Å². The normalized spacial score (nSPS) is 10.2. The quantitative estimate of drug-likeness (QED) is 0.701. The minimum atomic E-state index is -0.516. The van der Waals surface area contributed by atoms with Crippen LogP contribution in [0.5, 0.6) is 0 Å². The summed E-state index contributed by atoms with van der Waals surface area (Å²) in [5, 5.41) is 0. The van der Waals surface area contributed by atoms with Gasteiger partial charge in [0.25, 0.3) is 0 Å². The van der Waals surface area contributed by atoms with E-state index in [-0.39, 0.29) is 0 Å². The van der Waals surface area contributed by atoms with Crippen LogP contribution in [0.2, 0.25) is 0 Å². The molecule has 12 heavy (non-hydrogen) atoms. The van der Waals surface area contributed by atoms with Crippen molar-refractivity contribution in [2.75, 3.05) is 5.75 Å². The van der Waals surface area contributed by atoms with Gasteiger partial charge in [-0.2, -0.15) is 11.8 Å². The van der Waals surface area contributed by atoms with Crippen LogP contribution in [0.15, 0.2) is 18.2 Å². The van der Waals surface area contributed by atoms with Crippen molar-refractivity contribution >= 4 is 11.8 Å². The lowest BCUT2D eigenvalue weighted by Gasteiger charge is -2.00. The Kier molecular flexibility index (Phi) is 3.53. The Morgan fingerprint density at radius 2 is 2.08 bits per heavy atom. The van der Waals surface area contributed by atoms with Gasteiger partial charge in [-0.25, -0.2) is 8.78 Å². The van der Waals surface area contributed by atoms with Crippen LogP contribution in [0.25, 0.3) is 0 Å². The van der Waals surface area contributed by atoms with Gasteiger partial charge in [0.2, 0.25) is 0 Å². The number of benzene rings is 1. The van der Waals surface area contributed by atoms with E-state index in [1.54, 1.807) is 11.8 Å². The summed E-state index contributed by atoms with van der Waals surface area (Å²) in [7, 11) is 0. The largest absolute Gasteiger partial charge is 0.207 e. The third-order valence-corrected chi connectivity index (χ3v) is 2.40. The average molecular weight is 188 g/mol. The van der Waals surface area contributed by atoms with Crippen LogP contribution in [-0.2, 0) is 5.75 Å². The Morgan fingerprint density at radius 3 is 2.67 bits per heavy atom. The van der Waals surface area contributed by atoms with Gasteiger partial charge in [0.15, 0.2) is 0 Å². The fraction of sp³-hybridized carbons (Fsp3) is 0.333. The van der Waals surface area contributed by atoms with Crippen molar-refractivity contribution < 1.29 is 8.78 Å². The zero-order chi connectivity index (χ0) is 8.97. The Hall–Kier alpha value is -0.570. The summed E-state index contributed by atoms with van der Waals surface area (Å²) in [5.74, 6) is 0.591. The van der Waals surface area contributed by atoms with Crippen LogP contribution >= 0.6 is 11.8 Å². The van der Waals surface area contributed by atoms with Crippen molar-refractivity contribution in [2.45, 2.75) is 12.7 Å². The molecule has 0 unspecified atom stereocenters. The van der Waals surface area contributed by atoms with Gasteiger partial charge >= 0.3 is 0 Å². The highest BCUT2D eigenvalue weighted by atomic mass is 32.2. The van der Waals surface area contributed by atoms with Gasteiger partial charge in [0.1, 0.15) is 11.6 Å². The number of thioether (sulfide) groups is 1. The maximum atomic E-state index is 12.9. The molecule has 0 N–H and O–H groups in total. The molecule has 0 aliphatic heterocycles. The van der Waals surface area contributed by atoms with Crippen molar-refractivity contribution in [2.24, 2.45) is 0 Å². The molecule has 0 saturated heterocycles. The molecule has 0 bridgehead atoms. The second-order valence-corrected chi connectivity index (χ2v) is 3.65. The van der Waals surface area contributed by atoms with Gasteiger partial charge in [-0.05, 0) is 17.4 Å². The first-order valence-corrected chi connectivity index (χ1v) is 4.91. The predicted octanol–water partition coefficient (Wildman–Crippen LogP) is 3.22. The standard InChI is InChI=1S/C9H10F2S/c1-2-12-6-7-3-4-8(10)5-9(7)11/h3-5H,2,6H2,1H3. The minimum Gasteiger partial charge on any atom is -0.207 e. The first kappa shape index (κ1) is 9.52. The molecule has 0 heterocycles. The van der Waals surface area contributed by atoms with E-state index >= 15 is 0 Å². The van der Waals surface area contributed by atoms with E-state index in [9.17, 15) is 8.78 Å². The lowest BCUT2D eigenvalue weighted by Crippen LogP contribution is -1.88. The molecule has 1 aromatic carbocycles. The van der Waals surface area contributed by atoms with E-state index in [2.05, 4.69) is 0 Å². The summed E-state index contributed by atoms with van der Waals surface area (Å²) >= 11 is 1.62. The van der Waals surface area contributed by atoms with Crippen LogP contribution in [0, 0.1) is 11.6 Å². The zero-order valence-corrected chi connectivity index (χ0v) is 7.63. The number of hydrogen-bond donors (Lipinski definition) is 0. The zero-order valence-electron chi connectivity index (χ0n) is 6.81. The molecule has 3 heteroatoms. The molecule has 0 aliphatic carbocycles. The van der Waals surface area contributed by atoms with Crippen LogP contribution in [-0.4, -0.2) is 5.75 Å². The first-order chi connectivity index (χ1) is 5.74. The Balaban J connectivity index is 2.72. The molecule has 1 rings (SSSR count). The highest BCUT2D eigenvalue weighted by molar-refractivity contribution is 7.98. The summed E-state index contributed by atoms with van der Waals surface area (Å²) < 4.78 is 25.3. The minimum absolute atomic E-state index is 0.448. The van der Waals surface area contributed by atoms with Crippen molar-refractivity contribution in [1.82, 2.24) is 0 Å². The second kappa shape index (κ2) is 4.45. The lowest BCUT2D eigenvalue weighted by molar-refractivity contribution is 0.576. The topological polar surface area (TPSA) is 0 Å². The summed E-state index contributed by atoms with van der Waals surface area (Å²) in [6.07, 6.45) is 0. The molecule has 0 atom stereocenters. The fourth-order valence-electron chi connectivity index (χ4n) is 0.851. The van der Waals surface area contributed by atoms with Crippen LogP contribution in [0.4, 0.5) is 8.78 Å². The number of rotatable bonds is 3. The molecular weight excluding hydrogens is 178 g/mol. The lowest BCUT2D eigenvalue weighted by atomic mass is 10.2.